The van der Waals surface area contributed by atoms with E-state index in [4.69, 9.17) is 23.2 Å². The van der Waals surface area contributed by atoms with E-state index in [1.807, 2.05) is 43.3 Å². The van der Waals surface area contributed by atoms with Gasteiger partial charge in [-0.2, -0.15) is 0 Å². The van der Waals surface area contributed by atoms with Crippen molar-refractivity contribution in [1.82, 2.24) is 5.32 Å². The molecule has 0 bridgehead atoms. The van der Waals surface area contributed by atoms with Crippen LogP contribution in [0.1, 0.15) is 34.5 Å². The second-order valence-corrected chi connectivity index (χ2v) is 5.29. The number of carbonyl (C=O) groups is 1. The van der Waals surface area contributed by atoms with Crippen molar-refractivity contribution in [2.45, 2.75) is 18.8 Å². The van der Waals surface area contributed by atoms with Gasteiger partial charge in [0.05, 0.1) is 6.04 Å². The fraction of sp³-hybridized carbons (Fsp3) is 0.188. The number of nitrogens with one attached hydrogen (secondary N) is 1. The smallest absolute Gasteiger partial charge is 0.251 e. The highest BCUT2D eigenvalue weighted by molar-refractivity contribution is 6.30. The third-order valence-corrected chi connectivity index (χ3v) is 3.58. The van der Waals surface area contributed by atoms with Crippen LogP contribution in [0.15, 0.2) is 48.5 Å². The molecule has 1 amide bonds. The van der Waals surface area contributed by atoms with E-state index in [1.165, 1.54) is 0 Å². The van der Waals surface area contributed by atoms with E-state index in [-0.39, 0.29) is 11.9 Å². The summed E-state index contributed by atoms with van der Waals surface area (Å²) in [6, 6.07) is 14.6. The first-order valence-corrected chi connectivity index (χ1v) is 7.22. The number of benzene rings is 2. The van der Waals surface area contributed by atoms with Crippen molar-refractivity contribution in [3.63, 3.8) is 0 Å². The first-order valence-electron chi connectivity index (χ1n) is 6.31. The molecule has 0 unspecified atom stereocenters. The molecule has 0 radical (unpaired) electrons. The van der Waals surface area contributed by atoms with E-state index >= 15 is 0 Å². The molecule has 2 rings (SSSR count). The second-order valence-electron chi connectivity index (χ2n) is 4.58. The molecule has 1 atom stereocenters. The molecule has 0 aliphatic rings. The zero-order valence-corrected chi connectivity index (χ0v) is 12.6. The Hall–Kier alpha value is -1.51. The van der Waals surface area contributed by atoms with Crippen molar-refractivity contribution in [1.29, 1.82) is 0 Å². The molecule has 0 fully saturated rings. The number of carbonyl (C=O) groups excluding carboxylic acids is 1. The predicted molar refractivity (Wildman–Crippen MR) is 83.3 cm³/mol. The van der Waals surface area contributed by atoms with Gasteiger partial charge in [-0.1, -0.05) is 35.9 Å². The zero-order chi connectivity index (χ0) is 14.5. The van der Waals surface area contributed by atoms with Crippen LogP contribution in [0.2, 0.25) is 5.02 Å². The number of amides is 1. The Morgan fingerprint density at radius 2 is 1.95 bits per heavy atom. The van der Waals surface area contributed by atoms with Crippen LogP contribution in [0.4, 0.5) is 0 Å². The summed E-state index contributed by atoms with van der Waals surface area (Å²) in [5, 5.41) is 3.61. The first-order chi connectivity index (χ1) is 9.60. The van der Waals surface area contributed by atoms with Crippen LogP contribution < -0.4 is 5.32 Å². The highest BCUT2D eigenvalue weighted by atomic mass is 35.5. The fourth-order valence-electron chi connectivity index (χ4n) is 1.93. The van der Waals surface area contributed by atoms with Gasteiger partial charge in [0, 0.05) is 16.5 Å². The summed E-state index contributed by atoms with van der Waals surface area (Å²) in [7, 11) is 0. The van der Waals surface area contributed by atoms with Crippen LogP contribution in [0.3, 0.4) is 0 Å². The monoisotopic (exact) mass is 307 g/mol. The summed E-state index contributed by atoms with van der Waals surface area (Å²) < 4.78 is 0. The first kappa shape index (κ1) is 14.9. The summed E-state index contributed by atoms with van der Waals surface area (Å²) in [6.07, 6.45) is 0. The van der Waals surface area contributed by atoms with Crippen molar-refractivity contribution in [3.8, 4) is 0 Å². The highest BCUT2D eigenvalue weighted by Gasteiger charge is 2.11. The molecule has 2 aromatic carbocycles. The topological polar surface area (TPSA) is 29.1 Å². The lowest BCUT2D eigenvalue weighted by Crippen LogP contribution is -2.26. The molecule has 0 aliphatic carbocycles. The second kappa shape index (κ2) is 6.78. The number of rotatable bonds is 4. The van der Waals surface area contributed by atoms with E-state index in [2.05, 4.69) is 5.32 Å². The molecule has 104 valence electrons. The van der Waals surface area contributed by atoms with Crippen LogP contribution in [-0.4, -0.2) is 5.91 Å². The molecule has 2 nitrogen and oxygen atoms in total. The van der Waals surface area contributed by atoms with Gasteiger partial charge in [0.1, 0.15) is 0 Å². The lowest BCUT2D eigenvalue weighted by molar-refractivity contribution is 0.0940. The van der Waals surface area contributed by atoms with Gasteiger partial charge in [-0.05, 0) is 42.3 Å². The Labute approximate surface area is 128 Å². The molecule has 4 heteroatoms. The largest absolute Gasteiger partial charge is 0.346 e. The van der Waals surface area contributed by atoms with Crippen molar-refractivity contribution in [2.24, 2.45) is 0 Å². The van der Waals surface area contributed by atoms with Crippen LogP contribution in [0.5, 0.6) is 0 Å². The SMILES string of the molecule is C[C@H](NC(=O)c1cccc(CCl)c1)c1cccc(Cl)c1. The molecular weight excluding hydrogens is 293 g/mol. The van der Waals surface area contributed by atoms with Gasteiger partial charge in [-0.3, -0.25) is 4.79 Å². The molecule has 0 aliphatic heterocycles. The minimum absolute atomic E-state index is 0.110. The van der Waals surface area contributed by atoms with Crippen molar-refractivity contribution in [3.05, 3.63) is 70.2 Å². The molecule has 0 spiro atoms. The molecule has 0 saturated heterocycles. The molecule has 0 heterocycles. The van der Waals surface area contributed by atoms with E-state index in [0.29, 0.717) is 16.5 Å². The molecular formula is C16H15Cl2NO. The van der Waals surface area contributed by atoms with Gasteiger partial charge in [0.2, 0.25) is 0 Å². The molecule has 1 N–H and O–H groups in total. The number of alkyl halides is 1. The maximum atomic E-state index is 12.2. The summed E-state index contributed by atoms with van der Waals surface area (Å²) in [5.74, 6) is 0.273. The van der Waals surface area contributed by atoms with Crippen LogP contribution in [-0.2, 0) is 5.88 Å². The number of halogens is 2. The molecule has 0 saturated carbocycles. The lowest BCUT2D eigenvalue weighted by atomic mass is 10.1. The average molecular weight is 308 g/mol. The minimum Gasteiger partial charge on any atom is -0.346 e. The fourth-order valence-corrected chi connectivity index (χ4v) is 2.30. The number of hydrogen-bond donors (Lipinski definition) is 1. The standard InChI is InChI=1S/C16H15Cl2NO/c1-11(13-5-3-7-15(18)9-13)19-16(20)14-6-2-4-12(8-14)10-17/h2-9,11H,10H2,1H3,(H,19,20)/t11-/m0/s1. The van der Waals surface area contributed by atoms with Gasteiger partial charge >= 0.3 is 0 Å². The van der Waals surface area contributed by atoms with Gasteiger partial charge < -0.3 is 5.32 Å². The Bertz CT molecular complexity index is 613. The number of hydrogen-bond acceptors (Lipinski definition) is 1. The predicted octanol–water partition coefficient (Wildman–Crippen LogP) is 4.57. The van der Waals surface area contributed by atoms with E-state index in [9.17, 15) is 4.79 Å². The zero-order valence-electron chi connectivity index (χ0n) is 11.1. The maximum absolute atomic E-state index is 12.2. The van der Waals surface area contributed by atoms with Crippen LogP contribution in [0, 0.1) is 0 Å². The Balaban J connectivity index is 2.10. The van der Waals surface area contributed by atoms with Gasteiger partial charge in [0.25, 0.3) is 5.91 Å². The Morgan fingerprint density at radius 3 is 2.65 bits per heavy atom. The van der Waals surface area contributed by atoms with E-state index < -0.39 is 0 Å². The quantitative estimate of drug-likeness (QED) is 0.824. The molecule has 20 heavy (non-hydrogen) atoms. The highest BCUT2D eigenvalue weighted by Crippen LogP contribution is 2.18. The third-order valence-electron chi connectivity index (χ3n) is 3.04. The lowest BCUT2D eigenvalue weighted by Gasteiger charge is -2.15. The third kappa shape index (κ3) is 3.75. The molecule has 2 aromatic rings. The maximum Gasteiger partial charge on any atom is 0.251 e. The van der Waals surface area contributed by atoms with E-state index in [1.54, 1.807) is 12.1 Å². The summed E-state index contributed by atoms with van der Waals surface area (Å²) in [5.41, 5.74) is 2.51. The summed E-state index contributed by atoms with van der Waals surface area (Å²) in [4.78, 5) is 12.2. The van der Waals surface area contributed by atoms with E-state index in [0.717, 1.165) is 11.1 Å². The normalized spacial score (nSPS) is 11.9. The average Bonchev–Trinajstić information content (AvgIpc) is 2.47. The van der Waals surface area contributed by atoms with Crippen molar-refractivity contribution in [2.75, 3.05) is 0 Å². The van der Waals surface area contributed by atoms with Crippen molar-refractivity contribution >= 4 is 29.1 Å². The van der Waals surface area contributed by atoms with Crippen LogP contribution >= 0.6 is 23.2 Å². The summed E-state index contributed by atoms with van der Waals surface area (Å²) in [6.45, 7) is 1.93. The molecule has 0 aromatic heterocycles. The van der Waals surface area contributed by atoms with Gasteiger partial charge in [0.15, 0.2) is 0 Å². The van der Waals surface area contributed by atoms with Gasteiger partial charge in [-0.25, -0.2) is 0 Å². The Morgan fingerprint density at radius 1 is 1.20 bits per heavy atom. The van der Waals surface area contributed by atoms with Crippen molar-refractivity contribution < 1.29 is 4.79 Å². The van der Waals surface area contributed by atoms with Crippen LogP contribution in [0.25, 0.3) is 0 Å². The van der Waals surface area contributed by atoms with Gasteiger partial charge in [-0.15, -0.1) is 11.6 Å². The minimum atomic E-state index is -0.121. The Kier molecular flexibility index (Phi) is 5.05. The summed E-state index contributed by atoms with van der Waals surface area (Å²) >= 11 is 11.7.